The molecule has 4 rings (SSSR count). The predicted octanol–water partition coefficient (Wildman–Crippen LogP) is 2.34. The molecular formula is C16H15NO2. The number of fused-ring (bicyclic) bond motifs is 2. The van der Waals surface area contributed by atoms with Crippen LogP contribution in [0.4, 0.5) is 0 Å². The Morgan fingerprint density at radius 1 is 0.947 bits per heavy atom. The Bertz CT molecular complexity index is 589. The lowest BCUT2D eigenvalue weighted by Gasteiger charge is -2.40. The molecule has 2 heterocycles. The maximum Gasteiger partial charge on any atom is 0.132 e. The molecular weight excluding hydrogens is 238 g/mol. The summed E-state index contributed by atoms with van der Waals surface area (Å²) >= 11 is 0. The SMILES string of the molecule is OCC1(N2CC2)c2ccccc2Oc2ccccc21. The van der Waals surface area contributed by atoms with Gasteiger partial charge in [-0.25, -0.2) is 0 Å². The minimum atomic E-state index is -0.439. The van der Waals surface area contributed by atoms with Crippen LogP contribution in [0.15, 0.2) is 48.5 Å². The molecule has 0 unspecified atom stereocenters. The third-order valence-corrected chi connectivity index (χ3v) is 4.10. The molecule has 0 aliphatic carbocycles. The zero-order valence-electron chi connectivity index (χ0n) is 10.5. The Labute approximate surface area is 112 Å². The number of aliphatic hydroxyl groups excluding tert-OH is 1. The number of para-hydroxylation sites is 2. The van der Waals surface area contributed by atoms with Crippen molar-refractivity contribution in [3.05, 3.63) is 59.7 Å². The molecule has 0 radical (unpaired) electrons. The van der Waals surface area contributed by atoms with Gasteiger partial charge in [0.15, 0.2) is 0 Å². The third kappa shape index (κ3) is 1.40. The van der Waals surface area contributed by atoms with Gasteiger partial charge in [0.1, 0.15) is 17.0 Å². The van der Waals surface area contributed by atoms with E-state index in [1.807, 2.05) is 36.4 Å². The summed E-state index contributed by atoms with van der Waals surface area (Å²) in [5, 5.41) is 10.1. The van der Waals surface area contributed by atoms with E-state index in [2.05, 4.69) is 17.0 Å². The first-order valence-corrected chi connectivity index (χ1v) is 6.59. The molecule has 2 aromatic rings. The monoisotopic (exact) mass is 253 g/mol. The maximum absolute atomic E-state index is 10.1. The van der Waals surface area contributed by atoms with E-state index in [4.69, 9.17) is 4.74 Å². The van der Waals surface area contributed by atoms with Gasteiger partial charge in [-0.3, -0.25) is 4.90 Å². The predicted molar refractivity (Wildman–Crippen MR) is 72.4 cm³/mol. The van der Waals surface area contributed by atoms with Crippen molar-refractivity contribution in [1.82, 2.24) is 4.90 Å². The van der Waals surface area contributed by atoms with Crippen molar-refractivity contribution in [3.8, 4) is 11.5 Å². The van der Waals surface area contributed by atoms with E-state index in [-0.39, 0.29) is 6.61 Å². The third-order valence-electron chi connectivity index (χ3n) is 4.10. The molecule has 0 bridgehead atoms. The summed E-state index contributed by atoms with van der Waals surface area (Å²) < 4.78 is 5.97. The molecule has 2 aliphatic rings. The van der Waals surface area contributed by atoms with Gasteiger partial charge in [0.2, 0.25) is 0 Å². The largest absolute Gasteiger partial charge is 0.457 e. The Kier molecular flexibility index (Phi) is 2.22. The fourth-order valence-electron chi connectivity index (χ4n) is 3.10. The Morgan fingerprint density at radius 2 is 1.47 bits per heavy atom. The molecule has 2 aliphatic heterocycles. The first-order valence-electron chi connectivity index (χ1n) is 6.59. The van der Waals surface area contributed by atoms with Gasteiger partial charge in [0.05, 0.1) is 6.61 Å². The van der Waals surface area contributed by atoms with Crippen molar-refractivity contribution in [2.75, 3.05) is 19.7 Å². The number of rotatable bonds is 2. The van der Waals surface area contributed by atoms with Crippen LogP contribution in [0.3, 0.4) is 0 Å². The molecule has 0 amide bonds. The first-order chi connectivity index (χ1) is 9.36. The molecule has 96 valence electrons. The van der Waals surface area contributed by atoms with Crippen LogP contribution >= 0.6 is 0 Å². The van der Waals surface area contributed by atoms with Crippen LogP contribution in [0.25, 0.3) is 0 Å². The van der Waals surface area contributed by atoms with Gasteiger partial charge in [-0.1, -0.05) is 36.4 Å². The van der Waals surface area contributed by atoms with Gasteiger partial charge in [0, 0.05) is 24.2 Å². The molecule has 19 heavy (non-hydrogen) atoms. The molecule has 3 heteroatoms. The maximum atomic E-state index is 10.1. The minimum Gasteiger partial charge on any atom is -0.457 e. The molecule has 2 aromatic carbocycles. The second kappa shape index (κ2) is 3.83. The van der Waals surface area contributed by atoms with E-state index in [0.29, 0.717) is 0 Å². The van der Waals surface area contributed by atoms with E-state index in [1.165, 1.54) is 0 Å². The number of hydrogen-bond acceptors (Lipinski definition) is 3. The number of benzene rings is 2. The summed E-state index contributed by atoms with van der Waals surface area (Å²) in [4.78, 5) is 2.30. The highest BCUT2D eigenvalue weighted by Crippen LogP contribution is 2.51. The minimum absolute atomic E-state index is 0.0738. The Hall–Kier alpha value is -1.84. The first kappa shape index (κ1) is 11.0. The summed E-state index contributed by atoms with van der Waals surface area (Å²) in [6, 6.07) is 16.0. The van der Waals surface area contributed by atoms with Crippen LogP contribution in [0.2, 0.25) is 0 Å². The summed E-state index contributed by atoms with van der Waals surface area (Å²) in [6.07, 6.45) is 0. The Morgan fingerprint density at radius 3 is 1.95 bits per heavy atom. The quantitative estimate of drug-likeness (QED) is 0.834. The van der Waals surface area contributed by atoms with Crippen molar-refractivity contribution in [3.63, 3.8) is 0 Å². The smallest absolute Gasteiger partial charge is 0.132 e. The average Bonchev–Trinajstić information content (AvgIpc) is 3.30. The number of hydrogen-bond donors (Lipinski definition) is 1. The average molecular weight is 253 g/mol. The highest BCUT2D eigenvalue weighted by Gasteiger charge is 2.50. The van der Waals surface area contributed by atoms with Gasteiger partial charge >= 0.3 is 0 Å². The van der Waals surface area contributed by atoms with Gasteiger partial charge in [-0.2, -0.15) is 0 Å². The van der Waals surface area contributed by atoms with Crippen LogP contribution in [0.5, 0.6) is 11.5 Å². The molecule has 1 saturated heterocycles. The van der Waals surface area contributed by atoms with Gasteiger partial charge < -0.3 is 9.84 Å². The normalized spacial score (nSPS) is 19.2. The summed E-state index contributed by atoms with van der Waals surface area (Å²) in [5.41, 5.74) is 1.69. The standard InChI is InChI=1S/C16H15NO2/c18-11-16(17-9-10-17)12-5-1-3-7-14(12)19-15-8-4-2-6-13(15)16/h1-8,18H,9-11H2. The van der Waals surface area contributed by atoms with E-state index in [1.54, 1.807) is 0 Å². The number of aliphatic hydroxyl groups is 1. The van der Waals surface area contributed by atoms with E-state index >= 15 is 0 Å². The topological polar surface area (TPSA) is 32.5 Å². The second-order valence-electron chi connectivity index (χ2n) is 5.10. The van der Waals surface area contributed by atoms with Crippen molar-refractivity contribution in [2.24, 2.45) is 0 Å². The molecule has 0 spiro atoms. The van der Waals surface area contributed by atoms with Crippen LogP contribution < -0.4 is 4.74 Å². The van der Waals surface area contributed by atoms with E-state index in [9.17, 15) is 5.11 Å². The van der Waals surface area contributed by atoms with Gasteiger partial charge in [0.25, 0.3) is 0 Å². The highest BCUT2D eigenvalue weighted by molar-refractivity contribution is 5.57. The lowest BCUT2D eigenvalue weighted by molar-refractivity contribution is 0.132. The summed E-state index contributed by atoms with van der Waals surface area (Å²) in [7, 11) is 0. The molecule has 1 N–H and O–H groups in total. The van der Waals surface area contributed by atoms with E-state index in [0.717, 1.165) is 35.7 Å². The molecule has 0 atom stereocenters. The van der Waals surface area contributed by atoms with Crippen LogP contribution in [-0.2, 0) is 5.54 Å². The zero-order chi connectivity index (χ0) is 12.9. The number of ether oxygens (including phenoxy) is 1. The summed E-state index contributed by atoms with van der Waals surface area (Å²) in [5.74, 6) is 1.70. The summed E-state index contributed by atoms with van der Waals surface area (Å²) in [6.45, 7) is 2.11. The fraction of sp³-hybridized carbons (Fsp3) is 0.250. The van der Waals surface area contributed by atoms with Crippen molar-refractivity contribution >= 4 is 0 Å². The molecule has 3 nitrogen and oxygen atoms in total. The van der Waals surface area contributed by atoms with Crippen LogP contribution in [0, 0.1) is 0 Å². The van der Waals surface area contributed by atoms with Crippen molar-refractivity contribution < 1.29 is 9.84 Å². The zero-order valence-corrected chi connectivity index (χ0v) is 10.5. The van der Waals surface area contributed by atoms with E-state index < -0.39 is 5.54 Å². The lowest BCUT2D eigenvalue weighted by atomic mass is 9.80. The molecule has 0 aromatic heterocycles. The second-order valence-corrected chi connectivity index (χ2v) is 5.10. The van der Waals surface area contributed by atoms with Gasteiger partial charge in [-0.15, -0.1) is 0 Å². The number of nitrogens with zero attached hydrogens (tertiary/aromatic N) is 1. The fourth-order valence-corrected chi connectivity index (χ4v) is 3.10. The lowest BCUT2D eigenvalue weighted by Crippen LogP contribution is -2.42. The highest BCUT2D eigenvalue weighted by atomic mass is 16.5. The molecule has 0 saturated carbocycles. The Balaban J connectivity index is 2.03. The van der Waals surface area contributed by atoms with Crippen molar-refractivity contribution in [1.29, 1.82) is 0 Å². The van der Waals surface area contributed by atoms with Gasteiger partial charge in [-0.05, 0) is 12.1 Å². The van der Waals surface area contributed by atoms with Crippen LogP contribution in [0.1, 0.15) is 11.1 Å². The van der Waals surface area contributed by atoms with Crippen LogP contribution in [-0.4, -0.2) is 29.7 Å². The molecule has 1 fully saturated rings. The van der Waals surface area contributed by atoms with Crippen molar-refractivity contribution in [2.45, 2.75) is 5.54 Å².